The van der Waals surface area contributed by atoms with E-state index in [4.69, 9.17) is 15.2 Å². The first-order chi connectivity index (χ1) is 6.26. The van der Waals surface area contributed by atoms with Crippen molar-refractivity contribution >= 4 is 5.69 Å². The Labute approximate surface area is 78.5 Å². The topological polar surface area (TPSA) is 44.5 Å². The van der Waals surface area contributed by atoms with E-state index in [0.29, 0.717) is 18.9 Å². The number of benzene rings is 1. The molecule has 0 radical (unpaired) electrons. The van der Waals surface area contributed by atoms with Crippen molar-refractivity contribution in [3.8, 4) is 5.75 Å². The Morgan fingerprint density at radius 3 is 2.69 bits per heavy atom. The molecule has 0 aliphatic carbocycles. The van der Waals surface area contributed by atoms with Gasteiger partial charge in [0.05, 0.1) is 13.7 Å². The molecule has 1 rings (SSSR count). The van der Waals surface area contributed by atoms with Crippen LogP contribution >= 0.6 is 0 Å². The predicted octanol–water partition coefficient (Wildman–Crippen LogP) is 1.81. The molecule has 0 saturated heterocycles. The molecule has 0 spiro atoms. The minimum Gasteiger partial charge on any atom is -0.497 e. The maximum Gasteiger partial charge on any atom is 0.121 e. The molecule has 0 aromatic heterocycles. The van der Waals surface area contributed by atoms with Crippen LogP contribution in [0.1, 0.15) is 12.5 Å². The van der Waals surface area contributed by atoms with Crippen LogP contribution in [-0.2, 0) is 11.3 Å². The van der Waals surface area contributed by atoms with E-state index in [0.717, 1.165) is 11.3 Å². The van der Waals surface area contributed by atoms with Crippen LogP contribution in [0.5, 0.6) is 5.75 Å². The number of methoxy groups -OCH3 is 1. The van der Waals surface area contributed by atoms with Gasteiger partial charge in [0.2, 0.25) is 0 Å². The van der Waals surface area contributed by atoms with Gasteiger partial charge >= 0.3 is 0 Å². The lowest BCUT2D eigenvalue weighted by molar-refractivity contribution is 0.134. The van der Waals surface area contributed by atoms with Crippen LogP contribution < -0.4 is 10.5 Å². The van der Waals surface area contributed by atoms with Crippen LogP contribution in [0, 0.1) is 0 Å². The third-order valence-electron chi connectivity index (χ3n) is 1.70. The maximum absolute atomic E-state index is 5.67. The van der Waals surface area contributed by atoms with Gasteiger partial charge in [0, 0.05) is 18.4 Å². The monoisotopic (exact) mass is 181 g/mol. The fourth-order valence-corrected chi connectivity index (χ4v) is 1.11. The number of hydrogen-bond donors (Lipinski definition) is 1. The van der Waals surface area contributed by atoms with Crippen molar-refractivity contribution in [1.82, 2.24) is 0 Å². The van der Waals surface area contributed by atoms with Gasteiger partial charge in [0.15, 0.2) is 0 Å². The minimum atomic E-state index is 0.581. The Hall–Kier alpha value is -1.22. The molecule has 1 aromatic carbocycles. The molecule has 3 heteroatoms. The van der Waals surface area contributed by atoms with E-state index >= 15 is 0 Å². The van der Waals surface area contributed by atoms with E-state index in [1.807, 2.05) is 19.1 Å². The summed E-state index contributed by atoms with van der Waals surface area (Å²) in [4.78, 5) is 0. The Morgan fingerprint density at radius 1 is 1.31 bits per heavy atom. The Morgan fingerprint density at radius 2 is 2.08 bits per heavy atom. The molecule has 13 heavy (non-hydrogen) atoms. The van der Waals surface area contributed by atoms with Crippen LogP contribution in [0.2, 0.25) is 0 Å². The normalized spacial score (nSPS) is 10.0. The number of nitrogen functional groups attached to an aromatic ring is 1. The SMILES string of the molecule is CCOCc1cc(N)cc(OC)c1. The molecule has 0 fully saturated rings. The summed E-state index contributed by atoms with van der Waals surface area (Å²) in [5, 5.41) is 0. The number of rotatable bonds is 4. The Bertz CT molecular complexity index is 274. The smallest absolute Gasteiger partial charge is 0.121 e. The summed E-state index contributed by atoms with van der Waals surface area (Å²) in [6.45, 7) is 3.25. The average molecular weight is 181 g/mol. The van der Waals surface area contributed by atoms with Crippen LogP contribution in [0.4, 0.5) is 5.69 Å². The van der Waals surface area contributed by atoms with E-state index in [1.54, 1.807) is 13.2 Å². The zero-order valence-electron chi connectivity index (χ0n) is 8.04. The van der Waals surface area contributed by atoms with Gasteiger partial charge in [0.25, 0.3) is 0 Å². The van der Waals surface area contributed by atoms with Crippen molar-refractivity contribution in [2.75, 3.05) is 19.5 Å². The first-order valence-corrected chi connectivity index (χ1v) is 4.27. The van der Waals surface area contributed by atoms with Crippen molar-refractivity contribution in [3.05, 3.63) is 23.8 Å². The summed E-state index contributed by atoms with van der Waals surface area (Å²) in [5.74, 6) is 0.773. The predicted molar refractivity (Wildman–Crippen MR) is 52.7 cm³/mol. The molecule has 72 valence electrons. The first-order valence-electron chi connectivity index (χ1n) is 4.27. The first kappa shape index (κ1) is 9.86. The largest absolute Gasteiger partial charge is 0.497 e. The zero-order chi connectivity index (χ0) is 9.68. The molecule has 0 amide bonds. The highest BCUT2D eigenvalue weighted by Gasteiger charge is 1.98. The van der Waals surface area contributed by atoms with Crippen molar-refractivity contribution in [3.63, 3.8) is 0 Å². The zero-order valence-corrected chi connectivity index (χ0v) is 8.04. The fourth-order valence-electron chi connectivity index (χ4n) is 1.11. The summed E-state index contributed by atoms with van der Waals surface area (Å²) < 4.78 is 10.3. The lowest BCUT2D eigenvalue weighted by atomic mass is 10.2. The second-order valence-electron chi connectivity index (χ2n) is 2.75. The van der Waals surface area contributed by atoms with Crippen LogP contribution in [0.25, 0.3) is 0 Å². The molecule has 0 heterocycles. The lowest BCUT2D eigenvalue weighted by Gasteiger charge is -2.06. The van der Waals surface area contributed by atoms with Crippen LogP contribution in [-0.4, -0.2) is 13.7 Å². The molecule has 1 aromatic rings. The van der Waals surface area contributed by atoms with Gasteiger partial charge in [0.1, 0.15) is 5.75 Å². The van der Waals surface area contributed by atoms with Gasteiger partial charge in [-0.2, -0.15) is 0 Å². The van der Waals surface area contributed by atoms with Gasteiger partial charge in [-0.1, -0.05) is 0 Å². The van der Waals surface area contributed by atoms with Crippen molar-refractivity contribution in [2.24, 2.45) is 0 Å². The highest BCUT2D eigenvalue weighted by Crippen LogP contribution is 2.18. The number of ether oxygens (including phenoxy) is 2. The van der Waals surface area contributed by atoms with Crippen molar-refractivity contribution < 1.29 is 9.47 Å². The maximum atomic E-state index is 5.67. The van der Waals surface area contributed by atoms with Gasteiger partial charge < -0.3 is 15.2 Å². The average Bonchev–Trinajstić information content (AvgIpc) is 2.14. The van der Waals surface area contributed by atoms with Gasteiger partial charge in [-0.25, -0.2) is 0 Å². The van der Waals surface area contributed by atoms with Gasteiger partial charge in [-0.3, -0.25) is 0 Å². The summed E-state index contributed by atoms with van der Waals surface area (Å²) >= 11 is 0. The third-order valence-corrected chi connectivity index (χ3v) is 1.70. The fraction of sp³-hybridized carbons (Fsp3) is 0.400. The van der Waals surface area contributed by atoms with Gasteiger partial charge in [-0.05, 0) is 24.6 Å². The van der Waals surface area contributed by atoms with E-state index < -0.39 is 0 Å². The highest BCUT2D eigenvalue weighted by atomic mass is 16.5. The molecular weight excluding hydrogens is 166 g/mol. The van der Waals surface area contributed by atoms with Crippen LogP contribution in [0.15, 0.2) is 18.2 Å². The Kier molecular flexibility index (Phi) is 3.58. The van der Waals surface area contributed by atoms with E-state index in [1.165, 1.54) is 0 Å². The van der Waals surface area contributed by atoms with Crippen LogP contribution in [0.3, 0.4) is 0 Å². The molecule has 0 atom stereocenters. The molecule has 0 bridgehead atoms. The molecular formula is C10H15NO2. The molecule has 3 nitrogen and oxygen atoms in total. The number of nitrogens with two attached hydrogens (primary N) is 1. The minimum absolute atomic E-state index is 0.581. The molecule has 0 saturated carbocycles. The van der Waals surface area contributed by atoms with E-state index in [9.17, 15) is 0 Å². The molecule has 0 aliphatic heterocycles. The number of anilines is 1. The van der Waals surface area contributed by atoms with E-state index in [2.05, 4.69) is 0 Å². The van der Waals surface area contributed by atoms with Crippen molar-refractivity contribution in [1.29, 1.82) is 0 Å². The second-order valence-corrected chi connectivity index (χ2v) is 2.75. The molecule has 0 unspecified atom stereocenters. The van der Waals surface area contributed by atoms with Crippen molar-refractivity contribution in [2.45, 2.75) is 13.5 Å². The molecule has 0 aliphatic rings. The standard InChI is InChI=1S/C10H15NO2/c1-3-13-7-8-4-9(11)6-10(5-8)12-2/h4-6H,3,7,11H2,1-2H3. The third kappa shape index (κ3) is 2.95. The lowest BCUT2D eigenvalue weighted by Crippen LogP contribution is -1.95. The quantitative estimate of drug-likeness (QED) is 0.720. The van der Waals surface area contributed by atoms with Gasteiger partial charge in [-0.15, -0.1) is 0 Å². The summed E-state index contributed by atoms with van der Waals surface area (Å²) in [6, 6.07) is 5.60. The van der Waals surface area contributed by atoms with E-state index in [-0.39, 0.29) is 0 Å². The Balaban J connectivity index is 2.76. The summed E-state index contributed by atoms with van der Waals surface area (Å²) in [7, 11) is 1.62. The second kappa shape index (κ2) is 4.72. The highest BCUT2D eigenvalue weighted by molar-refractivity contribution is 5.47. The summed E-state index contributed by atoms with van der Waals surface area (Å²) in [5.41, 5.74) is 7.41. The number of hydrogen-bond acceptors (Lipinski definition) is 3. The summed E-state index contributed by atoms with van der Waals surface area (Å²) in [6.07, 6.45) is 0. The molecule has 2 N–H and O–H groups in total.